The van der Waals surface area contributed by atoms with Crippen molar-refractivity contribution in [2.75, 3.05) is 38.8 Å². The number of aliphatic carboxylic acids is 1. The van der Waals surface area contributed by atoms with Crippen LogP contribution in [0.5, 0.6) is 0 Å². The van der Waals surface area contributed by atoms with Crippen LogP contribution in [-0.2, 0) is 34.4 Å². The summed E-state index contributed by atoms with van der Waals surface area (Å²) in [6.45, 7) is 5.05. The third kappa shape index (κ3) is 5.33. The summed E-state index contributed by atoms with van der Waals surface area (Å²) in [6, 6.07) is -1.22. The first-order valence-electron chi connectivity index (χ1n) is 10.9. The number of ketones is 1. The molecular weight excluding hydrogens is 527 g/mol. The van der Waals surface area contributed by atoms with Crippen LogP contribution in [0.3, 0.4) is 0 Å². The monoisotopic (exact) mass is 552 g/mol. The van der Waals surface area contributed by atoms with Crippen LogP contribution in [0.4, 0.5) is 14.3 Å². The minimum absolute atomic E-state index is 0.0326. The molecule has 2 unspecified atom stereocenters. The van der Waals surface area contributed by atoms with Crippen molar-refractivity contribution >= 4 is 46.1 Å². The van der Waals surface area contributed by atoms with Crippen molar-refractivity contribution in [3.63, 3.8) is 0 Å². The lowest BCUT2D eigenvalue weighted by Gasteiger charge is -2.26. The molecule has 0 bridgehead atoms. The number of nitrogens with two attached hydrogens (primary N) is 1. The highest BCUT2D eigenvalue weighted by Gasteiger charge is 2.51. The van der Waals surface area contributed by atoms with Crippen molar-refractivity contribution in [2.24, 2.45) is 11.7 Å². The highest BCUT2D eigenvalue weighted by Crippen LogP contribution is 2.35. The second-order valence-electron chi connectivity index (χ2n) is 7.99. The van der Waals surface area contributed by atoms with Gasteiger partial charge in [-0.3, -0.25) is 30.2 Å². The van der Waals surface area contributed by atoms with E-state index in [1.807, 2.05) is 0 Å². The number of rotatable bonds is 12. The summed E-state index contributed by atoms with van der Waals surface area (Å²) in [6.07, 6.45) is 1.58. The van der Waals surface area contributed by atoms with Crippen LogP contribution >= 0.6 is 11.3 Å². The molecule has 2 aliphatic rings. The van der Waals surface area contributed by atoms with Crippen molar-refractivity contribution in [2.45, 2.75) is 11.8 Å². The molecule has 204 valence electrons. The Labute approximate surface area is 219 Å². The van der Waals surface area contributed by atoms with E-state index in [-0.39, 0.29) is 41.8 Å². The number of anilines is 1. The van der Waals surface area contributed by atoms with E-state index in [1.54, 1.807) is 0 Å². The summed E-state index contributed by atoms with van der Waals surface area (Å²) in [5.41, 5.74) is 3.51. The zero-order valence-corrected chi connectivity index (χ0v) is 21.0. The molecule has 1 fully saturated rings. The Morgan fingerprint density at radius 2 is 2.13 bits per heavy atom. The van der Waals surface area contributed by atoms with E-state index >= 15 is 0 Å². The number of aromatic nitrogens is 1. The summed E-state index contributed by atoms with van der Waals surface area (Å²) >= 11 is 0.936. The molecule has 3 amide bonds. The number of fused-ring (bicyclic) bond motifs is 1. The average molecular weight is 553 g/mol. The fourth-order valence-corrected chi connectivity index (χ4v) is 4.61. The number of carbonyl (C=O) groups excluding carboxylic acids is 4. The van der Waals surface area contributed by atoms with E-state index in [4.69, 9.17) is 15.2 Å². The van der Waals surface area contributed by atoms with E-state index in [0.29, 0.717) is 0 Å². The standard InChI is InChI=1S/C22H25FN6O8S/c1-4-6-37-21(35)27-20-26-15(10-38-20)22(24,36-3)19(34)25-13-9-28-8-12(14(30)7-23)16(29(28)17(13)31)11(5-2)18(32)33/h4-5,10-11,13H,1-2,6-9,24H2,3H3,(H,25,34)(H,32,33)(H,26,27,35)/t11?,13-,22?/m0/s1. The van der Waals surface area contributed by atoms with Gasteiger partial charge in [0.25, 0.3) is 11.8 Å². The van der Waals surface area contributed by atoms with Crippen molar-refractivity contribution in [1.82, 2.24) is 20.3 Å². The number of alkyl halides is 1. The fourth-order valence-electron chi connectivity index (χ4n) is 3.86. The molecule has 3 rings (SSSR count). The second kappa shape index (κ2) is 11.6. The highest BCUT2D eigenvalue weighted by atomic mass is 32.1. The van der Waals surface area contributed by atoms with E-state index in [0.717, 1.165) is 29.5 Å². The van der Waals surface area contributed by atoms with Gasteiger partial charge in [0, 0.05) is 31.2 Å². The van der Waals surface area contributed by atoms with Crippen molar-refractivity contribution in [3.8, 4) is 0 Å². The second-order valence-corrected chi connectivity index (χ2v) is 8.84. The summed E-state index contributed by atoms with van der Waals surface area (Å²) in [4.78, 5) is 66.1. The first-order valence-corrected chi connectivity index (χ1v) is 11.8. The van der Waals surface area contributed by atoms with Gasteiger partial charge in [-0.25, -0.2) is 24.2 Å². The lowest BCUT2D eigenvalue weighted by Crippen LogP contribution is -2.57. The van der Waals surface area contributed by atoms with E-state index in [2.05, 4.69) is 28.8 Å². The van der Waals surface area contributed by atoms with Crippen LogP contribution in [-0.4, -0.2) is 89.3 Å². The van der Waals surface area contributed by atoms with Crippen LogP contribution in [0.15, 0.2) is 42.0 Å². The minimum atomic E-state index is -2.18. The predicted octanol–water partition coefficient (Wildman–Crippen LogP) is -0.127. The van der Waals surface area contributed by atoms with Gasteiger partial charge in [0.1, 0.15) is 24.3 Å². The fraction of sp³-hybridized carbons (Fsp3) is 0.364. The largest absolute Gasteiger partial charge is 0.481 e. The lowest BCUT2D eigenvalue weighted by molar-refractivity contribution is -0.148. The molecule has 1 saturated heterocycles. The molecule has 0 spiro atoms. The Morgan fingerprint density at radius 3 is 2.71 bits per heavy atom. The number of halogens is 1. The topological polar surface area (TPSA) is 193 Å². The van der Waals surface area contributed by atoms with Gasteiger partial charge in [0.05, 0.1) is 5.70 Å². The number of methoxy groups -OCH3 is 1. The van der Waals surface area contributed by atoms with Crippen LogP contribution < -0.4 is 16.4 Å². The Balaban J connectivity index is 1.80. The van der Waals surface area contributed by atoms with Crippen molar-refractivity contribution in [3.05, 3.63) is 47.7 Å². The maximum atomic E-state index is 13.2. The summed E-state index contributed by atoms with van der Waals surface area (Å²) < 4.78 is 23.2. The third-order valence-electron chi connectivity index (χ3n) is 5.71. The number of nitrogens with one attached hydrogen (secondary N) is 2. The SMILES string of the molecule is C=CCOC(=O)Nc1nc(C(N)(OC)C(=O)N[C@H]2CN3CC(C(=O)CF)=C(C(C=C)C(=O)O)N3C2=O)cs1. The number of nitrogens with zero attached hydrogens (tertiary/aromatic N) is 3. The number of carboxylic acid groups (broad SMARTS) is 1. The molecular formula is C22H25FN6O8S. The molecule has 38 heavy (non-hydrogen) atoms. The Bertz CT molecular complexity index is 1220. The summed E-state index contributed by atoms with van der Waals surface area (Å²) in [7, 11) is 1.14. The molecule has 1 aromatic rings. The Morgan fingerprint density at radius 1 is 1.42 bits per heavy atom. The Hall–Kier alpha value is -3.99. The maximum absolute atomic E-state index is 13.2. The molecule has 3 atom stereocenters. The number of carboxylic acids is 1. The van der Waals surface area contributed by atoms with Gasteiger partial charge in [-0.15, -0.1) is 17.9 Å². The number of carbonyl (C=O) groups is 5. The highest BCUT2D eigenvalue weighted by molar-refractivity contribution is 7.13. The number of Topliss-reactive ketones (excluding diaryl/α,β-unsaturated/α-hetero) is 1. The van der Waals surface area contributed by atoms with Crippen molar-refractivity contribution in [1.29, 1.82) is 0 Å². The minimum Gasteiger partial charge on any atom is -0.481 e. The Kier molecular flexibility index (Phi) is 8.72. The maximum Gasteiger partial charge on any atom is 0.413 e. The van der Waals surface area contributed by atoms with Crippen LogP contribution in [0.1, 0.15) is 5.69 Å². The van der Waals surface area contributed by atoms with Crippen LogP contribution in [0.2, 0.25) is 0 Å². The summed E-state index contributed by atoms with van der Waals surface area (Å²) in [5.74, 6) is -5.57. The van der Waals surface area contributed by atoms with Crippen molar-refractivity contribution < 1.29 is 42.9 Å². The molecule has 14 nitrogen and oxygen atoms in total. The van der Waals surface area contributed by atoms with E-state index in [9.17, 15) is 33.5 Å². The average Bonchev–Trinajstić information content (AvgIpc) is 3.58. The molecule has 0 radical (unpaired) electrons. The molecule has 0 aromatic carbocycles. The van der Waals surface area contributed by atoms with Crippen LogP contribution in [0.25, 0.3) is 0 Å². The number of thiazole rings is 1. The molecule has 1 aromatic heterocycles. The van der Waals surface area contributed by atoms with Gasteiger partial charge in [-0.1, -0.05) is 18.7 Å². The van der Waals surface area contributed by atoms with Gasteiger partial charge < -0.3 is 19.9 Å². The van der Waals surface area contributed by atoms with Gasteiger partial charge in [-0.05, 0) is 0 Å². The first-order chi connectivity index (χ1) is 18.0. The predicted molar refractivity (Wildman–Crippen MR) is 130 cm³/mol. The number of hydrogen-bond acceptors (Lipinski definition) is 11. The normalized spacial score (nSPS) is 19.4. The summed E-state index contributed by atoms with van der Waals surface area (Å²) in [5, 5.41) is 18.1. The molecule has 16 heteroatoms. The zero-order chi connectivity index (χ0) is 28.2. The van der Waals surface area contributed by atoms with E-state index < -0.39 is 54.0 Å². The van der Waals surface area contributed by atoms with Gasteiger partial charge in [0.2, 0.25) is 5.72 Å². The molecule has 2 aliphatic heterocycles. The zero-order valence-electron chi connectivity index (χ0n) is 20.1. The number of ether oxygens (including phenoxy) is 2. The van der Waals surface area contributed by atoms with Crippen LogP contribution in [0, 0.1) is 5.92 Å². The molecule has 3 heterocycles. The quantitative estimate of drug-likeness (QED) is 0.199. The number of hydrazine groups is 1. The van der Waals surface area contributed by atoms with Gasteiger partial charge >= 0.3 is 12.1 Å². The molecule has 0 saturated carbocycles. The van der Waals surface area contributed by atoms with Gasteiger partial charge in [-0.2, -0.15) is 0 Å². The molecule has 5 N–H and O–H groups in total. The smallest absolute Gasteiger partial charge is 0.413 e. The van der Waals surface area contributed by atoms with Gasteiger partial charge in [0.15, 0.2) is 17.6 Å². The lowest BCUT2D eigenvalue weighted by atomic mass is 9.98. The number of amides is 3. The molecule has 0 aliphatic carbocycles. The van der Waals surface area contributed by atoms with E-state index in [1.165, 1.54) is 16.5 Å². The number of hydrogen-bond donors (Lipinski definition) is 4. The third-order valence-corrected chi connectivity index (χ3v) is 6.46. The first kappa shape index (κ1) is 28.6.